The molecule has 0 radical (unpaired) electrons. The van der Waals surface area contributed by atoms with E-state index < -0.39 is 11.9 Å². The second-order valence-electron chi connectivity index (χ2n) is 8.96. The molecule has 3 N–H and O–H groups in total. The topological polar surface area (TPSA) is 101 Å². The van der Waals surface area contributed by atoms with Gasteiger partial charge in [0, 0.05) is 42.8 Å². The van der Waals surface area contributed by atoms with E-state index in [2.05, 4.69) is 10.4 Å². The quantitative estimate of drug-likeness (QED) is 0.227. The second-order valence-corrected chi connectivity index (χ2v) is 8.96. The maximum Gasteiger partial charge on any atom is 0.337 e. The monoisotopic (exact) mass is 483 g/mol. The summed E-state index contributed by atoms with van der Waals surface area (Å²) in [6.07, 6.45) is 0.835. The van der Waals surface area contributed by atoms with Gasteiger partial charge in [-0.3, -0.25) is 0 Å². The number of piperidine rings is 1. The van der Waals surface area contributed by atoms with Gasteiger partial charge in [0.25, 0.3) is 5.92 Å². The van der Waals surface area contributed by atoms with E-state index in [1.165, 1.54) is 6.20 Å². The number of carbonyl (C=O) groups is 1. The molecule has 0 unspecified atom stereocenters. The third kappa shape index (κ3) is 6.29. The molecule has 7 nitrogen and oxygen atoms in total. The number of carboxylic acids is 1. The van der Waals surface area contributed by atoms with E-state index in [0.29, 0.717) is 22.8 Å². The first-order valence-electron chi connectivity index (χ1n) is 11.5. The zero-order valence-corrected chi connectivity index (χ0v) is 20.4. The average Bonchev–Trinajstić information content (AvgIpc) is 2.79. The molecule has 0 amide bonds. The number of benzene rings is 2. The van der Waals surface area contributed by atoms with Crippen LogP contribution in [0.4, 0.5) is 20.2 Å². The van der Waals surface area contributed by atoms with Gasteiger partial charge in [-0.05, 0) is 45.4 Å². The SMILES string of the molecule is C/C(=C\N=N)C(=Nc1c(C)cc(C)cc1[C@@H](C)Nc1ccccc1C(=O)O)N1CCC(F)(F)CC1. The number of aromatic carboxylic acids is 1. The minimum atomic E-state index is -2.69. The number of nitrogens with zero attached hydrogens (tertiary/aromatic N) is 3. The number of hydrogen-bond acceptors (Lipinski definition) is 5. The van der Waals surface area contributed by atoms with Gasteiger partial charge in [-0.25, -0.2) is 24.1 Å². The fraction of sp³-hybridized carbons (Fsp3) is 0.385. The molecule has 1 aliphatic heterocycles. The Bertz CT molecular complexity index is 1170. The summed E-state index contributed by atoms with van der Waals surface area (Å²) in [6.45, 7) is 7.89. The minimum absolute atomic E-state index is 0.148. The molecule has 1 aliphatic rings. The van der Waals surface area contributed by atoms with Gasteiger partial charge in [-0.1, -0.05) is 29.8 Å². The lowest BCUT2D eigenvalue weighted by atomic mass is 9.98. The molecule has 0 aromatic heterocycles. The number of likely N-dealkylation sites (tertiary alicyclic amines) is 1. The summed E-state index contributed by atoms with van der Waals surface area (Å²) in [5, 5.41) is 16.2. The largest absolute Gasteiger partial charge is 0.478 e. The Balaban J connectivity index is 2.07. The number of alkyl halides is 2. The molecule has 1 saturated heterocycles. The highest BCUT2D eigenvalue weighted by Crippen LogP contribution is 2.35. The number of anilines is 1. The van der Waals surface area contributed by atoms with Crippen LogP contribution in [-0.4, -0.2) is 40.8 Å². The van der Waals surface area contributed by atoms with Crippen LogP contribution in [0.3, 0.4) is 0 Å². The first kappa shape index (κ1) is 26.0. The van der Waals surface area contributed by atoms with E-state index in [4.69, 9.17) is 10.5 Å². The van der Waals surface area contributed by atoms with Gasteiger partial charge in [-0.2, -0.15) is 5.11 Å². The Labute approximate surface area is 204 Å². The van der Waals surface area contributed by atoms with Crippen molar-refractivity contribution in [1.29, 1.82) is 5.53 Å². The lowest BCUT2D eigenvalue weighted by molar-refractivity contribution is -0.0434. The van der Waals surface area contributed by atoms with Gasteiger partial charge in [-0.15, -0.1) is 0 Å². The molecule has 0 saturated carbocycles. The van der Waals surface area contributed by atoms with Crippen LogP contribution >= 0.6 is 0 Å². The van der Waals surface area contributed by atoms with Crippen molar-refractivity contribution >= 4 is 23.2 Å². The standard InChI is InChI=1S/C26H31F2N5O2/c1-16-13-17(2)23(21(14-16)19(4)31-22-8-6-5-7-20(22)25(34)35)32-24(18(3)15-30-29)33-11-9-26(27,28)10-12-33/h5-8,13-15,19,29,31H,9-12H2,1-4H3,(H,34,35)/b18-15+,30-29?,32-24?/t19-/m1/s1. The molecule has 1 fully saturated rings. The number of hydrogen-bond donors (Lipinski definition) is 3. The maximum absolute atomic E-state index is 13.8. The Hall–Kier alpha value is -3.62. The highest BCUT2D eigenvalue weighted by Gasteiger charge is 2.35. The molecular formula is C26H31F2N5O2. The zero-order valence-electron chi connectivity index (χ0n) is 20.4. The predicted molar refractivity (Wildman–Crippen MR) is 133 cm³/mol. The van der Waals surface area contributed by atoms with Crippen LogP contribution < -0.4 is 5.32 Å². The van der Waals surface area contributed by atoms with Gasteiger partial charge < -0.3 is 15.3 Å². The number of nitrogens with one attached hydrogen (secondary N) is 2. The maximum atomic E-state index is 13.8. The molecule has 0 aliphatic carbocycles. The van der Waals surface area contributed by atoms with Crippen LogP contribution in [0.25, 0.3) is 0 Å². The van der Waals surface area contributed by atoms with Gasteiger partial charge >= 0.3 is 5.97 Å². The summed E-state index contributed by atoms with van der Waals surface area (Å²) in [5.74, 6) is -3.22. The van der Waals surface area contributed by atoms with Gasteiger partial charge in [0.05, 0.1) is 23.5 Å². The van der Waals surface area contributed by atoms with Crippen LogP contribution in [0.1, 0.15) is 59.8 Å². The van der Waals surface area contributed by atoms with Crippen LogP contribution in [-0.2, 0) is 0 Å². The Morgan fingerprint density at radius 1 is 1.23 bits per heavy atom. The minimum Gasteiger partial charge on any atom is -0.478 e. The van der Waals surface area contributed by atoms with Crippen molar-refractivity contribution in [2.24, 2.45) is 10.1 Å². The molecule has 35 heavy (non-hydrogen) atoms. The fourth-order valence-corrected chi connectivity index (χ4v) is 4.30. The van der Waals surface area contributed by atoms with E-state index in [-0.39, 0.29) is 37.5 Å². The first-order valence-corrected chi connectivity index (χ1v) is 11.5. The van der Waals surface area contributed by atoms with E-state index in [1.54, 1.807) is 31.2 Å². The predicted octanol–water partition coefficient (Wildman–Crippen LogP) is 6.87. The molecule has 0 bridgehead atoms. The number of amidine groups is 1. The summed E-state index contributed by atoms with van der Waals surface area (Å²) in [5.41, 5.74) is 11.9. The van der Waals surface area contributed by atoms with Crippen molar-refractivity contribution in [1.82, 2.24) is 4.90 Å². The molecule has 1 atom stereocenters. The molecule has 3 rings (SSSR count). The highest BCUT2D eigenvalue weighted by atomic mass is 19.3. The van der Waals surface area contributed by atoms with E-state index in [9.17, 15) is 18.7 Å². The second kappa shape index (κ2) is 10.8. The van der Waals surface area contributed by atoms with Gasteiger partial charge in [0.15, 0.2) is 0 Å². The van der Waals surface area contributed by atoms with Crippen molar-refractivity contribution in [2.75, 3.05) is 18.4 Å². The van der Waals surface area contributed by atoms with E-state index in [0.717, 1.165) is 16.7 Å². The Morgan fingerprint density at radius 3 is 2.51 bits per heavy atom. The first-order chi connectivity index (χ1) is 16.5. The lowest BCUT2D eigenvalue weighted by Crippen LogP contribution is -2.43. The lowest BCUT2D eigenvalue weighted by Gasteiger charge is -2.34. The smallest absolute Gasteiger partial charge is 0.337 e. The summed E-state index contributed by atoms with van der Waals surface area (Å²) in [6, 6.07) is 10.4. The highest BCUT2D eigenvalue weighted by molar-refractivity contribution is 6.00. The summed E-state index contributed by atoms with van der Waals surface area (Å²) in [4.78, 5) is 18.4. The van der Waals surface area contributed by atoms with Crippen molar-refractivity contribution < 1.29 is 18.7 Å². The van der Waals surface area contributed by atoms with Crippen molar-refractivity contribution in [3.8, 4) is 0 Å². The Kier molecular flexibility index (Phi) is 7.99. The fourth-order valence-electron chi connectivity index (χ4n) is 4.30. The third-order valence-electron chi connectivity index (χ3n) is 6.09. The number of rotatable bonds is 7. The van der Waals surface area contributed by atoms with Crippen LogP contribution in [0.5, 0.6) is 0 Å². The molecule has 9 heteroatoms. The van der Waals surface area contributed by atoms with Crippen molar-refractivity contribution in [3.63, 3.8) is 0 Å². The average molecular weight is 484 g/mol. The molecule has 1 heterocycles. The zero-order chi connectivity index (χ0) is 25.8. The van der Waals surface area contributed by atoms with Crippen molar-refractivity contribution in [3.05, 3.63) is 70.4 Å². The van der Waals surface area contributed by atoms with Gasteiger partial charge in [0.1, 0.15) is 5.84 Å². The van der Waals surface area contributed by atoms with Gasteiger partial charge in [0.2, 0.25) is 0 Å². The molecule has 186 valence electrons. The number of aliphatic imine (C=N–C) groups is 1. The number of carboxylic acid groups (broad SMARTS) is 1. The van der Waals surface area contributed by atoms with Crippen LogP contribution in [0, 0.1) is 19.4 Å². The van der Waals surface area contributed by atoms with Crippen LogP contribution in [0.2, 0.25) is 0 Å². The number of para-hydroxylation sites is 1. The van der Waals surface area contributed by atoms with E-state index in [1.807, 2.05) is 37.8 Å². The summed E-state index contributed by atoms with van der Waals surface area (Å²) >= 11 is 0. The summed E-state index contributed by atoms with van der Waals surface area (Å²) < 4.78 is 27.6. The normalized spacial score (nSPS) is 17.1. The Morgan fingerprint density at radius 2 is 1.89 bits per heavy atom. The van der Waals surface area contributed by atoms with Crippen LogP contribution in [0.15, 0.2) is 58.3 Å². The number of halogens is 2. The number of aryl methyl sites for hydroxylation is 2. The molecule has 2 aromatic rings. The molecule has 0 spiro atoms. The molecule has 2 aromatic carbocycles. The van der Waals surface area contributed by atoms with Crippen molar-refractivity contribution in [2.45, 2.75) is 52.5 Å². The summed E-state index contributed by atoms with van der Waals surface area (Å²) in [7, 11) is 0. The van der Waals surface area contributed by atoms with E-state index >= 15 is 0 Å². The third-order valence-corrected chi connectivity index (χ3v) is 6.09. The molecular weight excluding hydrogens is 452 g/mol.